The lowest BCUT2D eigenvalue weighted by atomic mass is 10.0. The van der Waals surface area contributed by atoms with Gasteiger partial charge in [-0.2, -0.15) is 19.6 Å². The Morgan fingerprint density at radius 1 is 0.946 bits per heavy atom. The van der Waals surface area contributed by atoms with Crippen LogP contribution in [0.3, 0.4) is 0 Å². The van der Waals surface area contributed by atoms with Gasteiger partial charge >= 0.3 is 0 Å². The van der Waals surface area contributed by atoms with Crippen molar-refractivity contribution in [1.29, 1.82) is 0 Å². The molecule has 8 nitrogen and oxygen atoms in total. The molecular formula is C29H32N8. The molecule has 0 bridgehead atoms. The summed E-state index contributed by atoms with van der Waals surface area (Å²) in [6, 6.07) is 21.0. The molecule has 6 rings (SSSR count). The van der Waals surface area contributed by atoms with Crippen LogP contribution in [0.1, 0.15) is 43.7 Å². The van der Waals surface area contributed by atoms with E-state index in [0.717, 1.165) is 70.8 Å². The summed E-state index contributed by atoms with van der Waals surface area (Å²) in [4.78, 5) is 17.0. The van der Waals surface area contributed by atoms with Gasteiger partial charge in [-0.15, -0.1) is 0 Å². The van der Waals surface area contributed by atoms with Crippen molar-refractivity contribution >= 4 is 28.4 Å². The second kappa shape index (κ2) is 9.78. The lowest BCUT2D eigenvalue weighted by molar-refractivity contribution is 0.495. The van der Waals surface area contributed by atoms with E-state index in [2.05, 4.69) is 77.7 Å². The van der Waals surface area contributed by atoms with Crippen LogP contribution < -0.4 is 16.0 Å². The maximum absolute atomic E-state index is 6.15. The molecule has 0 saturated carbocycles. The standard InChI is InChI=1S/C29H32N8/c1-19(2)24-18-32-37-27(24)34-29(36-15-13-22(30)14-16-36)35-28(37)31-17-21-8-3-5-9-23(21)26-12-11-20-7-4-6-10-25(20)33-26/h3-12,18-19,22H,13-17,30H2,1-2H3,(H,31,34,35). The molecule has 37 heavy (non-hydrogen) atoms. The highest BCUT2D eigenvalue weighted by atomic mass is 15.4. The van der Waals surface area contributed by atoms with E-state index in [9.17, 15) is 0 Å². The van der Waals surface area contributed by atoms with Gasteiger partial charge in [-0.3, -0.25) is 0 Å². The fraction of sp³-hybridized carbons (Fsp3) is 0.310. The van der Waals surface area contributed by atoms with Crippen LogP contribution in [-0.4, -0.2) is 43.7 Å². The van der Waals surface area contributed by atoms with E-state index >= 15 is 0 Å². The molecule has 0 amide bonds. The molecule has 0 radical (unpaired) electrons. The first-order valence-electron chi connectivity index (χ1n) is 13.0. The number of rotatable bonds is 6. The summed E-state index contributed by atoms with van der Waals surface area (Å²) in [7, 11) is 0. The number of fused-ring (bicyclic) bond motifs is 2. The van der Waals surface area contributed by atoms with Crippen LogP contribution in [-0.2, 0) is 6.54 Å². The van der Waals surface area contributed by atoms with Crippen LogP contribution >= 0.6 is 0 Å². The molecule has 0 unspecified atom stereocenters. The van der Waals surface area contributed by atoms with Crippen LogP contribution in [0.25, 0.3) is 27.8 Å². The van der Waals surface area contributed by atoms with E-state index < -0.39 is 0 Å². The number of nitrogens with two attached hydrogens (primary N) is 1. The van der Waals surface area contributed by atoms with E-state index in [1.165, 1.54) is 0 Å². The minimum absolute atomic E-state index is 0.249. The Bertz CT molecular complexity index is 1550. The van der Waals surface area contributed by atoms with Gasteiger partial charge in [0.1, 0.15) is 0 Å². The molecule has 0 atom stereocenters. The third-order valence-electron chi connectivity index (χ3n) is 7.16. The summed E-state index contributed by atoms with van der Waals surface area (Å²) >= 11 is 0. The highest BCUT2D eigenvalue weighted by Gasteiger charge is 2.22. The zero-order valence-electron chi connectivity index (χ0n) is 21.3. The van der Waals surface area contributed by atoms with E-state index in [1.54, 1.807) is 0 Å². The second-order valence-electron chi connectivity index (χ2n) is 10.1. The van der Waals surface area contributed by atoms with Crippen LogP contribution in [0.5, 0.6) is 0 Å². The maximum Gasteiger partial charge on any atom is 0.230 e. The Balaban J connectivity index is 1.35. The first kappa shape index (κ1) is 23.4. The maximum atomic E-state index is 6.15. The van der Waals surface area contributed by atoms with Crippen molar-refractivity contribution in [2.24, 2.45) is 5.73 Å². The number of piperidine rings is 1. The third kappa shape index (κ3) is 4.60. The number of anilines is 2. The Kier molecular flexibility index (Phi) is 6.18. The molecule has 1 saturated heterocycles. The molecule has 4 heterocycles. The first-order chi connectivity index (χ1) is 18.1. The molecule has 8 heteroatoms. The van der Waals surface area contributed by atoms with E-state index in [-0.39, 0.29) is 6.04 Å². The van der Waals surface area contributed by atoms with Crippen molar-refractivity contribution in [3.63, 3.8) is 0 Å². The lowest BCUT2D eigenvalue weighted by Gasteiger charge is -2.30. The Morgan fingerprint density at radius 3 is 2.57 bits per heavy atom. The minimum Gasteiger partial charge on any atom is -0.350 e. The number of hydrogen-bond acceptors (Lipinski definition) is 7. The first-order valence-corrected chi connectivity index (χ1v) is 13.0. The Hall–Kier alpha value is -4.04. The molecule has 1 aliphatic rings. The normalized spacial score (nSPS) is 14.6. The largest absolute Gasteiger partial charge is 0.350 e. The summed E-state index contributed by atoms with van der Waals surface area (Å²) in [5.74, 6) is 1.72. The van der Waals surface area contributed by atoms with Crippen LogP contribution in [0.15, 0.2) is 66.9 Å². The van der Waals surface area contributed by atoms with Gasteiger partial charge in [-0.05, 0) is 36.5 Å². The average molecular weight is 493 g/mol. The molecular weight excluding hydrogens is 460 g/mol. The zero-order valence-corrected chi connectivity index (χ0v) is 21.3. The monoisotopic (exact) mass is 492 g/mol. The third-order valence-corrected chi connectivity index (χ3v) is 7.16. The molecule has 0 aliphatic carbocycles. The highest BCUT2D eigenvalue weighted by molar-refractivity contribution is 5.82. The molecule has 1 aliphatic heterocycles. The number of pyridine rings is 1. The van der Waals surface area contributed by atoms with Crippen molar-refractivity contribution in [2.75, 3.05) is 23.3 Å². The Morgan fingerprint density at radius 2 is 1.73 bits per heavy atom. The summed E-state index contributed by atoms with van der Waals surface area (Å²) in [5.41, 5.74) is 12.3. The molecule has 188 valence electrons. The van der Waals surface area contributed by atoms with Gasteiger partial charge < -0.3 is 16.0 Å². The van der Waals surface area contributed by atoms with E-state index in [4.69, 9.17) is 20.7 Å². The quantitative estimate of drug-likeness (QED) is 0.344. The fourth-order valence-corrected chi connectivity index (χ4v) is 4.96. The predicted octanol–water partition coefficient (Wildman–Crippen LogP) is 5.00. The molecule has 3 aromatic heterocycles. The summed E-state index contributed by atoms with van der Waals surface area (Å²) in [6.07, 6.45) is 3.79. The molecule has 2 aromatic carbocycles. The molecule has 5 aromatic rings. The topological polar surface area (TPSA) is 97.3 Å². The predicted molar refractivity (Wildman–Crippen MR) is 149 cm³/mol. The average Bonchev–Trinajstić information content (AvgIpc) is 3.37. The van der Waals surface area contributed by atoms with Crippen molar-refractivity contribution in [2.45, 2.75) is 45.2 Å². The smallest absolute Gasteiger partial charge is 0.230 e. The lowest BCUT2D eigenvalue weighted by Crippen LogP contribution is -2.40. The van der Waals surface area contributed by atoms with Gasteiger partial charge in [0.2, 0.25) is 11.9 Å². The number of nitrogens with one attached hydrogen (secondary N) is 1. The summed E-state index contributed by atoms with van der Waals surface area (Å²) in [6.45, 7) is 6.63. The van der Waals surface area contributed by atoms with Crippen LogP contribution in [0, 0.1) is 0 Å². The molecule has 1 fully saturated rings. The second-order valence-corrected chi connectivity index (χ2v) is 10.1. The SMILES string of the molecule is CC(C)c1cnn2c(NCc3ccccc3-c3ccc4ccccc4n3)nc(N3CCC(N)CC3)nc12. The fourth-order valence-electron chi connectivity index (χ4n) is 4.96. The molecule has 3 N–H and O–H groups in total. The van der Waals surface area contributed by atoms with Gasteiger partial charge in [0.05, 0.1) is 17.4 Å². The number of aromatic nitrogens is 5. The van der Waals surface area contributed by atoms with E-state index in [0.29, 0.717) is 18.4 Å². The van der Waals surface area contributed by atoms with E-state index in [1.807, 2.05) is 22.8 Å². The van der Waals surface area contributed by atoms with Crippen molar-refractivity contribution in [3.8, 4) is 11.3 Å². The highest BCUT2D eigenvalue weighted by Crippen LogP contribution is 2.27. The van der Waals surface area contributed by atoms with Gasteiger partial charge in [-0.25, -0.2) is 4.98 Å². The number of benzene rings is 2. The van der Waals surface area contributed by atoms with Gasteiger partial charge in [0.15, 0.2) is 5.65 Å². The zero-order chi connectivity index (χ0) is 25.4. The van der Waals surface area contributed by atoms with Crippen molar-refractivity contribution in [1.82, 2.24) is 24.6 Å². The van der Waals surface area contributed by atoms with Gasteiger partial charge in [-0.1, -0.05) is 62.4 Å². The summed E-state index contributed by atoms with van der Waals surface area (Å²) in [5, 5.41) is 9.34. The van der Waals surface area contributed by atoms with Crippen molar-refractivity contribution < 1.29 is 0 Å². The number of hydrogen-bond donors (Lipinski definition) is 2. The number of para-hydroxylation sites is 1. The van der Waals surface area contributed by atoms with Gasteiger partial charge in [0.25, 0.3) is 0 Å². The molecule has 0 spiro atoms. The van der Waals surface area contributed by atoms with Crippen molar-refractivity contribution in [3.05, 3.63) is 78.0 Å². The number of nitrogens with zero attached hydrogens (tertiary/aromatic N) is 6. The summed E-state index contributed by atoms with van der Waals surface area (Å²) < 4.78 is 1.82. The van der Waals surface area contributed by atoms with Crippen LogP contribution in [0.4, 0.5) is 11.9 Å². The van der Waals surface area contributed by atoms with Gasteiger partial charge in [0, 0.05) is 42.2 Å². The Labute approximate surface area is 216 Å². The van der Waals surface area contributed by atoms with Crippen LogP contribution in [0.2, 0.25) is 0 Å². The minimum atomic E-state index is 0.249.